The average molecular weight is 415 g/mol. The molecule has 8 nitrogen and oxygen atoms in total. The molecule has 29 heavy (non-hydrogen) atoms. The van der Waals surface area contributed by atoms with Gasteiger partial charge in [0, 0.05) is 17.0 Å². The number of aryl methyl sites for hydroxylation is 2. The Kier molecular flexibility index (Phi) is 5.74. The number of anilines is 2. The number of carbonyl (C=O) groups excluding carboxylic acids is 1. The molecule has 0 saturated heterocycles. The zero-order chi connectivity index (χ0) is 21.0. The minimum absolute atomic E-state index is 0.0817. The number of hydrogen-bond donors (Lipinski definition) is 3. The van der Waals surface area contributed by atoms with Crippen LogP contribution >= 0.6 is 0 Å². The smallest absolute Gasteiger partial charge is 0.269 e. The van der Waals surface area contributed by atoms with E-state index < -0.39 is 21.7 Å². The molecular formula is C19H18FN5O3S. The largest absolute Gasteiger partial charge is 0.277 e. The molecule has 0 spiro atoms. The van der Waals surface area contributed by atoms with Crippen molar-refractivity contribution in [3.63, 3.8) is 0 Å². The lowest BCUT2D eigenvalue weighted by Crippen LogP contribution is -2.30. The molecule has 10 heteroatoms. The molecule has 1 heterocycles. The molecule has 2 aromatic carbocycles. The number of para-hydroxylation sites is 1. The fourth-order valence-electron chi connectivity index (χ4n) is 2.52. The van der Waals surface area contributed by atoms with Gasteiger partial charge in [-0.1, -0.05) is 18.2 Å². The van der Waals surface area contributed by atoms with Crippen molar-refractivity contribution in [3.8, 4) is 0 Å². The van der Waals surface area contributed by atoms with E-state index in [-0.39, 0.29) is 22.1 Å². The van der Waals surface area contributed by atoms with Crippen LogP contribution < -0.4 is 15.6 Å². The summed E-state index contributed by atoms with van der Waals surface area (Å²) in [6.07, 6.45) is 0. The molecule has 0 aliphatic rings. The third-order valence-electron chi connectivity index (χ3n) is 3.79. The number of sulfonamides is 1. The number of nitrogens with one attached hydrogen (secondary N) is 3. The summed E-state index contributed by atoms with van der Waals surface area (Å²) >= 11 is 0. The molecule has 0 fully saturated rings. The number of hydrazine groups is 1. The van der Waals surface area contributed by atoms with Crippen LogP contribution in [0.3, 0.4) is 0 Å². The summed E-state index contributed by atoms with van der Waals surface area (Å²) < 4.78 is 41.0. The first-order valence-electron chi connectivity index (χ1n) is 8.51. The summed E-state index contributed by atoms with van der Waals surface area (Å²) in [7, 11) is -4.09. The Morgan fingerprint density at radius 1 is 0.966 bits per heavy atom. The van der Waals surface area contributed by atoms with E-state index >= 15 is 0 Å². The second kappa shape index (κ2) is 8.23. The van der Waals surface area contributed by atoms with Crippen molar-refractivity contribution >= 4 is 27.6 Å². The van der Waals surface area contributed by atoms with Gasteiger partial charge in [0.2, 0.25) is 5.95 Å². The number of halogens is 1. The van der Waals surface area contributed by atoms with Gasteiger partial charge in [0.1, 0.15) is 5.82 Å². The molecule has 0 unspecified atom stereocenters. The first kappa shape index (κ1) is 20.2. The zero-order valence-corrected chi connectivity index (χ0v) is 16.4. The van der Waals surface area contributed by atoms with Crippen LogP contribution in [0.4, 0.5) is 16.0 Å². The number of rotatable bonds is 6. The highest BCUT2D eigenvalue weighted by Gasteiger charge is 2.18. The SMILES string of the molecule is Cc1cc(C)nc(NNC(=O)c2cccc(S(=O)(=O)Nc3ccccc3F)c2)n1. The van der Waals surface area contributed by atoms with Crippen LogP contribution in [-0.4, -0.2) is 24.3 Å². The van der Waals surface area contributed by atoms with Gasteiger partial charge in [-0.25, -0.2) is 22.8 Å². The maximum Gasteiger partial charge on any atom is 0.269 e. The molecule has 1 amide bonds. The van der Waals surface area contributed by atoms with Crippen LogP contribution in [0.1, 0.15) is 21.7 Å². The quantitative estimate of drug-likeness (QED) is 0.534. The molecule has 0 aliphatic heterocycles. The summed E-state index contributed by atoms with van der Waals surface area (Å²) in [4.78, 5) is 20.5. The van der Waals surface area contributed by atoms with Gasteiger partial charge in [-0.15, -0.1) is 0 Å². The molecule has 3 rings (SSSR count). The van der Waals surface area contributed by atoms with E-state index in [1.165, 1.54) is 42.5 Å². The summed E-state index contributed by atoms with van der Waals surface area (Å²) in [6, 6.07) is 12.5. The third-order valence-corrected chi connectivity index (χ3v) is 5.16. The molecular weight excluding hydrogens is 397 g/mol. The van der Waals surface area contributed by atoms with Gasteiger partial charge in [-0.3, -0.25) is 20.4 Å². The van der Waals surface area contributed by atoms with E-state index in [1.54, 1.807) is 19.9 Å². The fourth-order valence-corrected chi connectivity index (χ4v) is 3.63. The van der Waals surface area contributed by atoms with Gasteiger partial charge >= 0.3 is 0 Å². The fraction of sp³-hybridized carbons (Fsp3) is 0.105. The highest BCUT2D eigenvalue weighted by atomic mass is 32.2. The van der Waals surface area contributed by atoms with Gasteiger partial charge in [-0.2, -0.15) is 0 Å². The van der Waals surface area contributed by atoms with Crippen LogP contribution in [-0.2, 0) is 10.0 Å². The Morgan fingerprint density at radius 2 is 1.66 bits per heavy atom. The highest BCUT2D eigenvalue weighted by molar-refractivity contribution is 7.92. The Hall–Kier alpha value is -3.53. The number of carbonyl (C=O) groups is 1. The Morgan fingerprint density at radius 3 is 2.34 bits per heavy atom. The van der Waals surface area contributed by atoms with E-state index in [2.05, 4.69) is 25.5 Å². The Balaban J connectivity index is 1.76. The lowest BCUT2D eigenvalue weighted by molar-refractivity contribution is 0.0962. The van der Waals surface area contributed by atoms with E-state index in [0.29, 0.717) is 0 Å². The summed E-state index contributed by atoms with van der Waals surface area (Å²) in [5.41, 5.74) is 6.36. The predicted molar refractivity (Wildman–Crippen MR) is 106 cm³/mol. The molecule has 0 radical (unpaired) electrons. The van der Waals surface area contributed by atoms with Gasteiger partial charge in [0.05, 0.1) is 10.6 Å². The zero-order valence-electron chi connectivity index (χ0n) is 15.6. The molecule has 150 valence electrons. The number of hydrogen-bond acceptors (Lipinski definition) is 6. The minimum Gasteiger partial charge on any atom is -0.277 e. The van der Waals surface area contributed by atoms with Crippen LogP contribution in [0.5, 0.6) is 0 Å². The molecule has 0 atom stereocenters. The van der Waals surface area contributed by atoms with Crippen molar-refractivity contribution in [2.75, 3.05) is 10.1 Å². The van der Waals surface area contributed by atoms with Crippen LogP contribution in [0, 0.1) is 19.7 Å². The van der Waals surface area contributed by atoms with Crippen molar-refractivity contribution in [1.29, 1.82) is 0 Å². The predicted octanol–water partition coefficient (Wildman–Crippen LogP) is 2.79. The van der Waals surface area contributed by atoms with Gasteiger partial charge < -0.3 is 0 Å². The summed E-state index contributed by atoms with van der Waals surface area (Å²) in [5.74, 6) is -1.08. The van der Waals surface area contributed by atoms with Crippen molar-refractivity contribution in [2.45, 2.75) is 18.7 Å². The summed E-state index contributed by atoms with van der Waals surface area (Å²) in [5, 5.41) is 0. The van der Waals surface area contributed by atoms with Crippen molar-refractivity contribution in [2.24, 2.45) is 0 Å². The van der Waals surface area contributed by atoms with Gasteiger partial charge in [-0.05, 0) is 50.2 Å². The maximum absolute atomic E-state index is 13.8. The second-order valence-corrected chi connectivity index (χ2v) is 7.85. The maximum atomic E-state index is 13.8. The highest BCUT2D eigenvalue weighted by Crippen LogP contribution is 2.19. The topological polar surface area (TPSA) is 113 Å². The number of amides is 1. The van der Waals surface area contributed by atoms with Crippen molar-refractivity contribution < 1.29 is 17.6 Å². The molecule has 0 saturated carbocycles. The van der Waals surface area contributed by atoms with E-state index in [0.717, 1.165) is 17.5 Å². The van der Waals surface area contributed by atoms with Gasteiger partial charge in [0.25, 0.3) is 15.9 Å². The molecule has 3 N–H and O–H groups in total. The van der Waals surface area contributed by atoms with E-state index in [4.69, 9.17) is 0 Å². The summed E-state index contributed by atoms with van der Waals surface area (Å²) in [6.45, 7) is 3.58. The number of benzene rings is 2. The van der Waals surface area contributed by atoms with E-state index in [1.807, 2.05) is 0 Å². The number of nitrogens with zero attached hydrogens (tertiary/aromatic N) is 2. The Labute approximate surface area is 167 Å². The standard InChI is InChI=1S/C19H18FN5O3S/c1-12-10-13(2)22-19(21-12)24-23-18(26)14-6-5-7-15(11-14)29(27,28)25-17-9-4-3-8-16(17)20/h3-11,25H,1-2H3,(H,23,26)(H,21,22,24). The number of aromatic nitrogens is 2. The first-order valence-corrected chi connectivity index (χ1v) is 9.99. The Bertz CT molecular complexity index is 1150. The molecule has 1 aromatic heterocycles. The van der Waals surface area contributed by atoms with Crippen LogP contribution in [0.2, 0.25) is 0 Å². The van der Waals surface area contributed by atoms with Crippen LogP contribution in [0.15, 0.2) is 59.5 Å². The lowest BCUT2D eigenvalue weighted by atomic mass is 10.2. The average Bonchev–Trinajstić information content (AvgIpc) is 2.67. The third kappa shape index (κ3) is 5.05. The molecule has 0 aliphatic carbocycles. The molecule has 0 bridgehead atoms. The van der Waals surface area contributed by atoms with Crippen molar-refractivity contribution in [1.82, 2.24) is 15.4 Å². The van der Waals surface area contributed by atoms with Crippen molar-refractivity contribution in [3.05, 3.63) is 77.4 Å². The second-order valence-electron chi connectivity index (χ2n) is 6.17. The van der Waals surface area contributed by atoms with E-state index in [9.17, 15) is 17.6 Å². The monoisotopic (exact) mass is 415 g/mol. The molecule has 3 aromatic rings. The lowest BCUT2D eigenvalue weighted by Gasteiger charge is -2.11. The normalized spacial score (nSPS) is 11.0. The van der Waals surface area contributed by atoms with Crippen LogP contribution in [0.25, 0.3) is 0 Å². The minimum atomic E-state index is -4.09. The van der Waals surface area contributed by atoms with Gasteiger partial charge in [0.15, 0.2) is 0 Å². The first-order chi connectivity index (χ1) is 13.7.